The molecule has 0 bridgehead atoms. The minimum absolute atomic E-state index is 0.282. The maximum atomic E-state index is 9.94. The number of hydrogen-bond acceptors (Lipinski definition) is 3. The molecule has 0 spiro atoms. The topological polar surface area (TPSA) is 59.1 Å². The highest BCUT2D eigenvalue weighted by Gasteiger charge is 2.14. The molecule has 0 saturated carbocycles. The summed E-state index contributed by atoms with van der Waals surface area (Å²) in [6.07, 6.45) is 2.86. The van der Waals surface area contributed by atoms with Crippen molar-refractivity contribution in [3.8, 4) is 0 Å². The average molecular weight is 202 g/mol. The summed E-state index contributed by atoms with van der Waals surface area (Å²) in [5, 5.41) is 12.0. The van der Waals surface area contributed by atoms with Crippen molar-refractivity contribution in [2.45, 2.75) is 19.1 Å². The molecule has 3 N–H and O–H groups in total. The van der Waals surface area contributed by atoms with Crippen LogP contribution in [0.1, 0.15) is 18.6 Å². The first-order chi connectivity index (χ1) is 7.20. The van der Waals surface area contributed by atoms with E-state index in [4.69, 9.17) is 5.73 Å². The first-order valence-electron chi connectivity index (χ1n) is 4.96. The van der Waals surface area contributed by atoms with Crippen LogP contribution in [0.5, 0.6) is 0 Å². The fourth-order valence-corrected chi connectivity index (χ4v) is 1.68. The van der Waals surface area contributed by atoms with Crippen LogP contribution in [0.25, 0.3) is 10.8 Å². The van der Waals surface area contributed by atoms with Crippen LogP contribution in [0.4, 0.5) is 0 Å². The molecule has 1 aromatic heterocycles. The Kier molecular flexibility index (Phi) is 2.66. The Morgan fingerprint density at radius 1 is 1.33 bits per heavy atom. The highest BCUT2D eigenvalue weighted by Crippen LogP contribution is 2.24. The molecule has 2 rings (SSSR count). The third-order valence-electron chi connectivity index (χ3n) is 2.53. The number of hydrogen-bond donors (Lipinski definition) is 2. The lowest BCUT2D eigenvalue weighted by molar-refractivity contribution is 0.155. The number of aliphatic hydroxyl groups excluding tert-OH is 1. The smallest absolute Gasteiger partial charge is 0.0944 e. The van der Waals surface area contributed by atoms with Gasteiger partial charge in [0.2, 0.25) is 0 Å². The summed E-state index contributed by atoms with van der Waals surface area (Å²) >= 11 is 0. The van der Waals surface area contributed by atoms with Gasteiger partial charge in [-0.25, -0.2) is 0 Å². The monoisotopic (exact) mass is 202 g/mol. The molecule has 2 atom stereocenters. The number of nitrogens with zero attached hydrogens (tertiary/aromatic N) is 1. The van der Waals surface area contributed by atoms with Crippen LogP contribution < -0.4 is 5.73 Å². The summed E-state index contributed by atoms with van der Waals surface area (Å²) < 4.78 is 0. The zero-order chi connectivity index (χ0) is 10.8. The van der Waals surface area contributed by atoms with E-state index in [2.05, 4.69) is 4.98 Å². The second-order valence-electron chi connectivity index (χ2n) is 3.75. The molecule has 15 heavy (non-hydrogen) atoms. The normalized spacial score (nSPS) is 15.1. The SMILES string of the molecule is CC(N)C(O)c1cccc2ccncc12. The van der Waals surface area contributed by atoms with Gasteiger partial charge in [0.15, 0.2) is 0 Å². The minimum atomic E-state index is -0.641. The largest absolute Gasteiger partial charge is 0.387 e. The third kappa shape index (κ3) is 1.84. The van der Waals surface area contributed by atoms with Crippen LogP contribution in [0, 0.1) is 0 Å². The van der Waals surface area contributed by atoms with Gasteiger partial charge in [-0.2, -0.15) is 0 Å². The molecule has 0 amide bonds. The van der Waals surface area contributed by atoms with Crippen molar-refractivity contribution in [1.82, 2.24) is 4.98 Å². The lowest BCUT2D eigenvalue weighted by Crippen LogP contribution is -2.24. The molecule has 78 valence electrons. The second kappa shape index (κ2) is 3.96. The van der Waals surface area contributed by atoms with Crippen LogP contribution in [-0.4, -0.2) is 16.1 Å². The molecule has 0 saturated heterocycles. The number of nitrogens with two attached hydrogens (primary N) is 1. The minimum Gasteiger partial charge on any atom is -0.387 e. The number of benzene rings is 1. The molecule has 3 heteroatoms. The number of fused-ring (bicyclic) bond motifs is 1. The molecular formula is C12H14N2O. The standard InChI is InChI=1S/C12H14N2O/c1-8(13)12(15)10-4-2-3-9-5-6-14-7-11(9)10/h2-8,12,15H,13H2,1H3. The lowest BCUT2D eigenvalue weighted by Gasteiger charge is -2.16. The van der Waals surface area contributed by atoms with Crippen molar-refractivity contribution in [3.63, 3.8) is 0 Å². The Morgan fingerprint density at radius 3 is 2.87 bits per heavy atom. The molecule has 0 aliphatic rings. The fourth-order valence-electron chi connectivity index (χ4n) is 1.68. The number of pyridine rings is 1. The average Bonchev–Trinajstić information content (AvgIpc) is 2.27. The van der Waals surface area contributed by atoms with Gasteiger partial charge in [-0.15, -0.1) is 0 Å². The van der Waals surface area contributed by atoms with E-state index in [-0.39, 0.29) is 6.04 Å². The van der Waals surface area contributed by atoms with Crippen molar-refractivity contribution in [2.24, 2.45) is 5.73 Å². The van der Waals surface area contributed by atoms with Crippen LogP contribution in [0.3, 0.4) is 0 Å². The molecular weight excluding hydrogens is 188 g/mol. The number of aromatic nitrogens is 1. The van der Waals surface area contributed by atoms with Crippen LogP contribution in [0.2, 0.25) is 0 Å². The van der Waals surface area contributed by atoms with Gasteiger partial charge in [0.05, 0.1) is 6.10 Å². The highest BCUT2D eigenvalue weighted by molar-refractivity contribution is 5.85. The maximum absolute atomic E-state index is 9.94. The molecule has 0 radical (unpaired) electrons. The van der Waals surface area contributed by atoms with Crippen LogP contribution in [0.15, 0.2) is 36.7 Å². The Bertz CT molecular complexity index is 463. The third-order valence-corrected chi connectivity index (χ3v) is 2.53. The first-order valence-corrected chi connectivity index (χ1v) is 4.96. The molecule has 0 aliphatic heterocycles. The predicted octanol–water partition coefficient (Wildman–Crippen LogP) is 1.62. The number of rotatable bonds is 2. The molecule has 1 aromatic carbocycles. The summed E-state index contributed by atoms with van der Waals surface area (Å²) in [5.74, 6) is 0. The van der Waals surface area contributed by atoms with Crippen molar-refractivity contribution in [2.75, 3.05) is 0 Å². The molecule has 1 heterocycles. The van der Waals surface area contributed by atoms with E-state index in [0.717, 1.165) is 16.3 Å². The van der Waals surface area contributed by atoms with Crippen LogP contribution in [-0.2, 0) is 0 Å². The van der Waals surface area contributed by atoms with E-state index >= 15 is 0 Å². The zero-order valence-corrected chi connectivity index (χ0v) is 8.59. The summed E-state index contributed by atoms with van der Waals surface area (Å²) in [4.78, 5) is 4.06. The fraction of sp³-hybridized carbons (Fsp3) is 0.250. The first kappa shape index (κ1) is 10.1. The Balaban J connectivity index is 2.60. The van der Waals surface area contributed by atoms with Gasteiger partial charge in [0.25, 0.3) is 0 Å². The second-order valence-corrected chi connectivity index (χ2v) is 3.75. The van der Waals surface area contributed by atoms with Gasteiger partial charge in [0, 0.05) is 23.8 Å². The Morgan fingerprint density at radius 2 is 2.13 bits per heavy atom. The zero-order valence-electron chi connectivity index (χ0n) is 8.59. The van der Waals surface area contributed by atoms with Gasteiger partial charge in [-0.05, 0) is 23.9 Å². The quantitative estimate of drug-likeness (QED) is 0.778. The highest BCUT2D eigenvalue weighted by atomic mass is 16.3. The van der Waals surface area contributed by atoms with Gasteiger partial charge < -0.3 is 10.8 Å². The summed E-state index contributed by atoms with van der Waals surface area (Å²) in [6.45, 7) is 1.79. The van der Waals surface area contributed by atoms with Gasteiger partial charge in [0.1, 0.15) is 0 Å². The van der Waals surface area contributed by atoms with Crippen molar-refractivity contribution >= 4 is 10.8 Å². The molecule has 0 aliphatic carbocycles. The van der Waals surface area contributed by atoms with E-state index in [1.54, 1.807) is 19.3 Å². The van der Waals surface area contributed by atoms with Gasteiger partial charge in [-0.3, -0.25) is 4.98 Å². The lowest BCUT2D eigenvalue weighted by atomic mass is 9.99. The van der Waals surface area contributed by atoms with E-state index < -0.39 is 6.10 Å². The summed E-state index contributed by atoms with van der Waals surface area (Å²) in [6, 6.07) is 7.44. The van der Waals surface area contributed by atoms with E-state index in [1.807, 2.05) is 24.3 Å². The Labute approximate surface area is 88.6 Å². The van der Waals surface area contributed by atoms with Gasteiger partial charge >= 0.3 is 0 Å². The van der Waals surface area contributed by atoms with E-state index in [9.17, 15) is 5.11 Å². The molecule has 0 fully saturated rings. The van der Waals surface area contributed by atoms with E-state index in [1.165, 1.54) is 0 Å². The number of aliphatic hydroxyl groups is 1. The van der Waals surface area contributed by atoms with E-state index in [0.29, 0.717) is 0 Å². The summed E-state index contributed by atoms with van der Waals surface area (Å²) in [7, 11) is 0. The maximum Gasteiger partial charge on any atom is 0.0944 e. The molecule has 3 nitrogen and oxygen atoms in total. The molecule has 2 unspecified atom stereocenters. The van der Waals surface area contributed by atoms with Gasteiger partial charge in [-0.1, -0.05) is 18.2 Å². The molecule has 2 aromatic rings. The predicted molar refractivity (Wildman–Crippen MR) is 60.4 cm³/mol. The van der Waals surface area contributed by atoms with Crippen molar-refractivity contribution < 1.29 is 5.11 Å². The van der Waals surface area contributed by atoms with Crippen molar-refractivity contribution in [3.05, 3.63) is 42.2 Å². The van der Waals surface area contributed by atoms with Crippen LogP contribution >= 0.6 is 0 Å². The van der Waals surface area contributed by atoms with Crippen molar-refractivity contribution in [1.29, 1.82) is 0 Å². The summed E-state index contributed by atoms with van der Waals surface area (Å²) in [5.41, 5.74) is 6.53. The Hall–Kier alpha value is -1.45.